The summed E-state index contributed by atoms with van der Waals surface area (Å²) in [5, 5.41) is 13.9. The van der Waals surface area contributed by atoms with Crippen LogP contribution in [0.2, 0.25) is 0 Å². The number of nitrogens with one attached hydrogen (secondary N) is 1. The summed E-state index contributed by atoms with van der Waals surface area (Å²) in [5.41, 5.74) is 5.43. The van der Waals surface area contributed by atoms with Gasteiger partial charge < -0.3 is 20.5 Å². The number of hydrogen-bond donors (Lipinski definition) is 2. The normalized spacial score (nSPS) is 12.3. The van der Waals surface area contributed by atoms with Crippen molar-refractivity contribution in [1.29, 1.82) is 0 Å². The first kappa shape index (κ1) is 18.5. The summed E-state index contributed by atoms with van der Waals surface area (Å²) in [6.07, 6.45) is 0. The SMILES string of the molecule is NC(=O)c1ccc(SCC(=O)Nc2ccc3c(c2)OCCO3)c([N+](=O)[O-])c1. The molecule has 0 saturated heterocycles. The van der Waals surface area contributed by atoms with Crippen LogP contribution in [0.15, 0.2) is 41.3 Å². The number of benzene rings is 2. The topological polar surface area (TPSA) is 134 Å². The number of nitro groups is 1. The third-order valence-corrected chi connectivity index (χ3v) is 4.69. The van der Waals surface area contributed by atoms with Crippen LogP contribution in [-0.4, -0.2) is 35.7 Å². The molecule has 3 N–H and O–H groups in total. The lowest BCUT2D eigenvalue weighted by Gasteiger charge is -2.19. The minimum absolute atomic E-state index is 0.0341. The zero-order valence-electron chi connectivity index (χ0n) is 14.0. The molecule has 0 bridgehead atoms. The summed E-state index contributed by atoms with van der Waals surface area (Å²) in [4.78, 5) is 34.2. The molecule has 1 aliphatic rings. The predicted molar refractivity (Wildman–Crippen MR) is 98.4 cm³/mol. The fourth-order valence-corrected chi connectivity index (χ4v) is 3.20. The molecule has 0 aliphatic carbocycles. The van der Waals surface area contributed by atoms with Crippen molar-refractivity contribution in [2.24, 2.45) is 5.73 Å². The standard InChI is InChI=1S/C17H15N3O6S/c18-17(22)10-1-4-15(12(7-10)20(23)24)27-9-16(21)19-11-2-3-13-14(8-11)26-6-5-25-13/h1-4,7-8H,5-6,9H2,(H2,18,22)(H,19,21). The smallest absolute Gasteiger partial charge is 0.283 e. The van der Waals surface area contributed by atoms with E-state index in [1.165, 1.54) is 12.1 Å². The summed E-state index contributed by atoms with van der Waals surface area (Å²) in [7, 11) is 0. The Hall–Kier alpha value is -3.27. The average molecular weight is 389 g/mol. The van der Waals surface area contributed by atoms with E-state index in [9.17, 15) is 19.7 Å². The maximum Gasteiger partial charge on any atom is 0.283 e. The van der Waals surface area contributed by atoms with E-state index in [1.54, 1.807) is 18.2 Å². The molecule has 1 aliphatic heterocycles. The predicted octanol–water partition coefficient (Wildman–Crippen LogP) is 2.20. The number of nitrogens with zero attached hydrogens (tertiary/aromatic N) is 1. The number of nitro benzene ring substituents is 1. The molecular formula is C17H15N3O6S. The van der Waals surface area contributed by atoms with Crippen LogP contribution in [0.25, 0.3) is 0 Å². The van der Waals surface area contributed by atoms with E-state index in [4.69, 9.17) is 15.2 Å². The van der Waals surface area contributed by atoms with Gasteiger partial charge in [-0.1, -0.05) is 0 Å². The summed E-state index contributed by atoms with van der Waals surface area (Å²) in [5.74, 6) is 0.00435. The highest BCUT2D eigenvalue weighted by molar-refractivity contribution is 8.00. The average Bonchev–Trinajstić information content (AvgIpc) is 2.66. The molecule has 2 aromatic carbocycles. The molecule has 0 spiro atoms. The van der Waals surface area contributed by atoms with Crippen molar-refractivity contribution < 1.29 is 24.0 Å². The van der Waals surface area contributed by atoms with Crippen LogP contribution in [0.5, 0.6) is 11.5 Å². The highest BCUT2D eigenvalue weighted by Gasteiger charge is 2.18. The van der Waals surface area contributed by atoms with Gasteiger partial charge in [0.15, 0.2) is 11.5 Å². The lowest BCUT2D eigenvalue weighted by Crippen LogP contribution is -2.17. The van der Waals surface area contributed by atoms with Crippen LogP contribution in [0.4, 0.5) is 11.4 Å². The Bertz CT molecular complexity index is 918. The summed E-state index contributed by atoms with van der Waals surface area (Å²) >= 11 is 0.990. The molecule has 0 unspecified atom stereocenters. The van der Waals surface area contributed by atoms with Gasteiger partial charge in [0, 0.05) is 23.4 Å². The first-order chi connectivity index (χ1) is 12.9. The summed E-state index contributed by atoms with van der Waals surface area (Å²) in [6.45, 7) is 0.911. The van der Waals surface area contributed by atoms with Crippen molar-refractivity contribution in [3.63, 3.8) is 0 Å². The molecular weight excluding hydrogens is 374 g/mol. The van der Waals surface area contributed by atoms with Crippen LogP contribution in [0.1, 0.15) is 10.4 Å². The Morgan fingerprint density at radius 3 is 2.59 bits per heavy atom. The molecule has 27 heavy (non-hydrogen) atoms. The number of carbonyl (C=O) groups is 2. The van der Waals surface area contributed by atoms with E-state index in [2.05, 4.69) is 5.32 Å². The number of hydrogen-bond acceptors (Lipinski definition) is 7. The second kappa shape index (κ2) is 7.96. The number of thioether (sulfide) groups is 1. The van der Waals surface area contributed by atoms with Crippen LogP contribution >= 0.6 is 11.8 Å². The second-order valence-corrected chi connectivity index (χ2v) is 6.52. The maximum absolute atomic E-state index is 12.2. The van der Waals surface area contributed by atoms with E-state index >= 15 is 0 Å². The Morgan fingerprint density at radius 2 is 1.89 bits per heavy atom. The fourth-order valence-electron chi connectivity index (χ4n) is 2.40. The van der Waals surface area contributed by atoms with Crippen molar-refractivity contribution in [1.82, 2.24) is 0 Å². The van der Waals surface area contributed by atoms with E-state index in [0.29, 0.717) is 30.4 Å². The second-order valence-electron chi connectivity index (χ2n) is 5.50. The van der Waals surface area contributed by atoms with Gasteiger partial charge in [0.2, 0.25) is 11.8 Å². The molecule has 0 aromatic heterocycles. The molecule has 2 aromatic rings. The van der Waals surface area contributed by atoms with Gasteiger partial charge in [-0.2, -0.15) is 0 Å². The van der Waals surface area contributed by atoms with Crippen LogP contribution in [0, 0.1) is 10.1 Å². The van der Waals surface area contributed by atoms with Gasteiger partial charge in [-0.05, 0) is 24.3 Å². The highest BCUT2D eigenvalue weighted by Crippen LogP contribution is 2.33. The van der Waals surface area contributed by atoms with Gasteiger partial charge in [0.1, 0.15) is 13.2 Å². The number of amides is 2. The number of carbonyl (C=O) groups excluding carboxylic acids is 2. The van der Waals surface area contributed by atoms with Gasteiger partial charge in [-0.25, -0.2) is 0 Å². The third kappa shape index (κ3) is 4.47. The maximum atomic E-state index is 12.2. The van der Waals surface area contributed by atoms with Gasteiger partial charge >= 0.3 is 0 Å². The molecule has 0 atom stereocenters. The summed E-state index contributed by atoms with van der Waals surface area (Å²) < 4.78 is 10.9. The highest BCUT2D eigenvalue weighted by atomic mass is 32.2. The lowest BCUT2D eigenvalue weighted by atomic mass is 10.2. The monoisotopic (exact) mass is 389 g/mol. The number of fused-ring (bicyclic) bond motifs is 1. The Morgan fingerprint density at radius 1 is 1.15 bits per heavy atom. The molecule has 0 fully saturated rings. The van der Waals surface area contributed by atoms with Gasteiger partial charge in [-0.15, -0.1) is 11.8 Å². The molecule has 0 radical (unpaired) electrons. The van der Waals surface area contributed by atoms with Gasteiger partial charge in [-0.3, -0.25) is 19.7 Å². The number of rotatable bonds is 6. The molecule has 3 rings (SSSR count). The molecule has 1 heterocycles. The van der Waals surface area contributed by atoms with E-state index in [0.717, 1.165) is 17.8 Å². The number of primary amides is 1. The number of anilines is 1. The molecule has 0 saturated carbocycles. The summed E-state index contributed by atoms with van der Waals surface area (Å²) in [6, 6.07) is 8.92. The molecule has 10 heteroatoms. The van der Waals surface area contributed by atoms with Crippen molar-refractivity contribution in [2.45, 2.75) is 4.90 Å². The van der Waals surface area contributed by atoms with Crippen LogP contribution in [0.3, 0.4) is 0 Å². The van der Waals surface area contributed by atoms with Crippen molar-refractivity contribution >= 4 is 35.0 Å². The lowest BCUT2D eigenvalue weighted by molar-refractivity contribution is -0.387. The van der Waals surface area contributed by atoms with Crippen LogP contribution in [-0.2, 0) is 4.79 Å². The van der Waals surface area contributed by atoms with Gasteiger partial charge in [0.25, 0.3) is 5.69 Å². The third-order valence-electron chi connectivity index (χ3n) is 3.62. The minimum Gasteiger partial charge on any atom is -0.486 e. The van der Waals surface area contributed by atoms with E-state index in [-0.39, 0.29) is 27.8 Å². The molecule has 140 valence electrons. The molecule has 2 amide bonds. The quantitative estimate of drug-likeness (QED) is 0.439. The first-order valence-electron chi connectivity index (χ1n) is 7.84. The van der Waals surface area contributed by atoms with Gasteiger partial charge in [0.05, 0.1) is 15.6 Å². The van der Waals surface area contributed by atoms with E-state index in [1.807, 2.05) is 0 Å². The molecule has 9 nitrogen and oxygen atoms in total. The Balaban J connectivity index is 1.65. The van der Waals surface area contributed by atoms with Crippen molar-refractivity contribution in [3.8, 4) is 11.5 Å². The Labute approximate surface area is 158 Å². The Kier molecular flexibility index (Phi) is 5.46. The zero-order valence-corrected chi connectivity index (χ0v) is 14.8. The zero-order chi connectivity index (χ0) is 19.4. The number of ether oxygens (including phenoxy) is 2. The van der Waals surface area contributed by atoms with Crippen molar-refractivity contribution in [3.05, 3.63) is 52.1 Å². The number of nitrogens with two attached hydrogens (primary N) is 1. The fraction of sp³-hybridized carbons (Fsp3) is 0.176. The van der Waals surface area contributed by atoms with Crippen LogP contribution < -0.4 is 20.5 Å². The van der Waals surface area contributed by atoms with E-state index < -0.39 is 10.8 Å². The minimum atomic E-state index is -0.758. The largest absolute Gasteiger partial charge is 0.486 e. The first-order valence-corrected chi connectivity index (χ1v) is 8.83. The van der Waals surface area contributed by atoms with Crippen molar-refractivity contribution in [2.75, 3.05) is 24.3 Å².